The zero-order chi connectivity index (χ0) is 14.3. The summed E-state index contributed by atoms with van der Waals surface area (Å²) in [5.41, 5.74) is 2.48. The summed E-state index contributed by atoms with van der Waals surface area (Å²) >= 11 is 15.8. The minimum atomic E-state index is -0.230. The molecule has 6 heteroatoms. The van der Waals surface area contributed by atoms with E-state index >= 15 is 0 Å². The van der Waals surface area contributed by atoms with Crippen LogP contribution in [-0.2, 0) is 0 Å². The van der Waals surface area contributed by atoms with Gasteiger partial charge in [-0.05, 0) is 53.2 Å². The number of hydrogen-bond donors (Lipinski definition) is 0. The van der Waals surface area contributed by atoms with Gasteiger partial charge in [0.15, 0.2) is 5.65 Å². The fraction of sp³-hybridized carbons (Fsp3) is 0.143. The van der Waals surface area contributed by atoms with Crippen LogP contribution in [-0.4, -0.2) is 14.5 Å². The van der Waals surface area contributed by atoms with Gasteiger partial charge in [0.25, 0.3) is 0 Å². The zero-order valence-electron chi connectivity index (χ0n) is 10.5. The van der Waals surface area contributed by atoms with Gasteiger partial charge in [-0.15, -0.1) is 11.6 Å². The number of fused-ring (bicyclic) bond motifs is 1. The molecule has 3 aromatic rings. The molecule has 1 aromatic carbocycles. The highest BCUT2D eigenvalue weighted by molar-refractivity contribution is 9.10. The number of hydrogen-bond acceptors (Lipinski definition) is 2. The Morgan fingerprint density at radius 1 is 1.30 bits per heavy atom. The molecule has 0 radical (unpaired) electrons. The quantitative estimate of drug-likeness (QED) is 0.585. The second-order valence-electron chi connectivity index (χ2n) is 4.37. The molecule has 2 heterocycles. The van der Waals surface area contributed by atoms with Gasteiger partial charge in [-0.3, -0.25) is 4.57 Å². The fourth-order valence-corrected chi connectivity index (χ4v) is 2.64. The van der Waals surface area contributed by atoms with E-state index in [0.717, 1.165) is 27.1 Å². The van der Waals surface area contributed by atoms with Crippen LogP contribution < -0.4 is 0 Å². The van der Waals surface area contributed by atoms with Gasteiger partial charge in [-0.2, -0.15) is 0 Å². The summed E-state index contributed by atoms with van der Waals surface area (Å²) in [5, 5.41) is 0.403. The number of benzene rings is 1. The van der Waals surface area contributed by atoms with Crippen LogP contribution in [0.25, 0.3) is 16.9 Å². The van der Waals surface area contributed by atoms with Crippen LogP contribution in [0, 0.1) is 0 Å². The third kappa shape index (κ3) is 2.32. The Morgan fingerprint density at radius 2 is 2.10 bits per heavy atom. The molecule has 1 atom stereocenters. The molecule has 20 heavy (non-hydrogen) atoms. The maximum absolute atomic E-state index is 6.25. The number of rotatable bonds is 2. The number of alkyl halides is 1. The van der Waals surface area contributed by atoms with Crippen LogP contribution >= 0.6 is 39.1 Å². The Hall–Kier alpha value is -1.10. The van der Waals surface area contributed by atoms with Gasteiger partial charge in [0.05, 0.1) is 16.1 Å². The summed E-state index contributed by atoms with van der Waals surface area (Å²) in [5.74, 6) is 0.749. The summed E-state index contributed by atoms with van der Waals surface area (Å²) < 4.78 is 2.78. The Bertz CT molecular complexity index is 783. The van der Waals surface area contributed by atoms with Gasteiger partial charge in [0.1, 0.15) is 11.3 Å². The predicted molar refractivity (Wildman–Crippen MR) is 85.8 cm³/mol. The summed E-state index contributed by atoms with van der Waals surface area (Å²) in [6, 6.07) is 9.49. The first-order valence-electron chi connectivity index (χ1n) is 6.01. The minimum Gasteiger partial charge on any atom is -0.279 e. The van der Waals surface area contributed by atoms with Gasteiger partial charge in [-0.1, -0.05) is 11.6 Å². The fourth-order valence-electron chi connectivity index (χ4n) is 2.08. The van der Waals surface area contributed by atoms with Crippen LogP contribution in [0.1, 0.15) is 18.1 Å². The van der Waals surface area contributed by atoms with E-state index < -0.39 is 0 Å². The first-order valence-corrected chi connectivity index (χ1v) is 7.61. The molecule has 0 saturated carbocycles. The highest BCUT2D eigenvalue weighted by Crippen LogP contribution is 2.30. The monoisotopic (exact) mass is 369 g/mol. The van der Waals surface area contributed by atoms with Crippen molar-refractivity contribution in [2.75, 3.05) is 0 Å². The predicted octanol–water partition coefficient (Wildman–Crippen LogP) is 5.14. The van der Waals surface area contributed by atoms with Crippen molar-refractivity contribution in [2.24, 2.45) is 0 Å². The highest BCUT2D eigenvalue weighted by atomic mass is 79.9. The Labute approximate surface area is 134 Å². The first-order chi connectivity index (χ1) is 9.58. The first kappa shape index (κ1) is 13.9. The largest absolute Gasteiger partial charge is 0.279 e. The summed E-state index contributed by atoms with van der Waals surface area (Å²) in [7, 11) is 0. The molecule has 1 unspecified atom stereocenters. The molecule has 0 bridgehead atoms. The number of halogens is 3. The van der Waals surface area contributed by atoms with E-state index in [0.29, 0.717) is 5.02 Å². The van der Waals surface area contributed by atoms with Gasteiger partial charge >= 0.3 is 0 Å². The number of pyridine rings is 1. The van der Waals surface area contributed by atoms with Crippen molar-refractivity contribution in [1.82, 2.24) is 14.5 Å². The molecule has 0 spiro atoms. The van der Waals surface area contributed by atoms with Crippen molar-refractivity contribution in [1.29, 1.82) is 0 Å². The highest BCUT2D eigenvalue weighted by Gasteiger charge is 2.17. The molecule has 3 rings (SSSR count). The lowest BCUT2D eigenvalue weighted by Crippen LogP contribution is -2.02. The lowest BCUT2D eigenvalue weighted by molar-refractivity contribution is 0.877. The SMILES string of the molecule is CC(Cl)c1nc2cccnc2n1-c1ccc(Br)c(Cl)c1. The molecular formula is C14H10BrCl2N3. The number of imidazole rings is 1. The lowest BCUT2D eigenvalue weighted by atomic mass is 10.3. The molecule has 0 aliphatic heterocycles. The van der Waals surface area contributed by atoms with Crippen molar-refractivity contribution in [3.05, 3.63) is 51.8 Å². The van der Waals surface area contributed by atoms with Gasteiger partial charge in [-0.25, -0.2) is 9.97 Å². The van der Waals surface area contributed by atoms with Crippen LogP contribution in [0.3, 0.4) is 0 Å². The van der Waals surface area contributed by atoms with E-state index in [2.05, 4.69) is 25.9 Å². The second-order valence-corrected chi connectivity index (χ2v) is 6.28. The van der Waals surface area contributed by atoms with Gasteiger partial charge in [0.2, 0.25) is 0 Å². The molecule has 2 aromatic heterocycles. The maximum Gasteiger partial charge on any atom is 0.164 e. The Morgan fingerprint density at radius 3 is 2.80 bits per heavy atom. The Balaban J connectivity index is 2.33. The van der Waals surface area contributed by atoms with Crippen LogP contribution in [0.4, 0.5) is 0 Å². The molecule has 0 fully saturated rings. The number of nitrogens with zero attached hydrogens (tertiary/aromatic N) is 3. The molecule has 0 amide bonds. The van der Waals surface area contributed by atoms with E-state index in [4.69, 9.17) is 23.2 Å². The third-order valence-corrected chi connectivity index (χ3v) is 4.39. The zero-order valence-corrected chi connectivity index (χ0v) is 13.6. The van der Waals surface area contributed by atoms with Gasteiger partial charge < -0.3 is 0 Å². The smallest absolute Gasteiger partial charge is 0.164 e. The van der Waals surface area contributed by atoms with E-state index in [1.165, 1.54) is 0 Å². The molecule has 0 saturated heterocycles. The molecule has 0 N–H and O–H groups in total. The summed E-state index contributed by atoms with van der Waals surface area (Å²) in [4.78, 5) is 8.95. The van der Waals surface area contributed by atoms with Crippen molar-refractivity contribution in [3.63, 3.8) is 0 Å². The normalized spacial score (nSPS) is 12.8. The maximum atomic E-state index is 6.25. The third-order valence-electron chi connectivity index (χ3n) is 2.96. The molecule has 0 aliphatic rings. The standard InChI is InChI=1S/C14H10BrCl2N3/c1-8(16)13-19-12-3-2-6-18-14(12)20(13)9-4-5-10(15)11(17)7-9/h2-8H,1H3. The summed E-state index contributed by atoms with van der Waals surface area (Å²) in [6.07, 6.45) is 1.74. The van der Waals surface area contributed by atoms with E-state index in [-0.39, 0.29) is 5.38 Å². The average Bonchev–Trinajstić information content (AvgIpc) is 2.81. The van der Waals surface area contributed by atoms with E-state index in [1.54, 1.807) is 6.20 Å². The van der Waals surface area contributed by atoms with E-state index in [1.807, 2.05) is 41.8 Å². The van der Waals surface area contributed by atoms with Crippen LogP contribution in [0.15, 0.2) is 41.0 Å². The van der Waals surface area contributed by atoms with Crippen molar-refractivity contribution in [3.8, 4) is 5.69 Å². The van der Waals surface area contributed by atoms with Crippen LogP contribution in [0.5, 0.6) is 0 Å². The topological polar surface area (TPSA) is 30.7 Å². The minimum absolute atomic E-state index is 0.230. The van der Waals surface area contributed by atoms with E-state index in [9.17, 15) is 0 Å². The van der Waals surface area contributed by atoms with Gasteiger partial charge in [0, 0.05) is 10.7 Å². The van der Waals surface area contributed by atoms with Crippen LogP contribution in [0.2, 0.25) is 5.02 Å². The van der Waals surface area contributed by atoms with Crippen molar-refractivity contribution in [2.45, 2.75) is 12.3 Å². The molecule has 0 aliphatic carbocycles. The number of aromatic nitrogens is 3. The summed E-state index contributed by atoms with van der Waals surface area (Å²) in [6.45, 7) is 1.89. The average molecular weight is 371 g/mol. The molecule has 102 valence electrons. The molecule has 3 nitrogen and oxygen atoms in total. The lowest BCUT2D eigenvalue weighted by Gasteiger charge is -2.10. The Kier molecular flexibility index (Phi) is 3.71. The van der Waals surface area contributed by atoms with Crippen molar-refractivity contribution >= 4 is 50.3 Å². The molecular weight excluding hydrogens is 361 g/mol. The second kappa shape index (κ2) is 5.35. The van der Waals surface area contributed by atoms with Crippen molar-refractivity contribution < 1.29 is 0 Å².